The summed E-state index contributed by atoms with van der Waals surface area (Å²) >= 11 is 0. The number of fused-ring (bicyclic) bond motifs is 4. The number of Topliss-reactive ketones (excluding diaryl/α,β-unsaturated/α-hetero) is 1. The molecule has 7 aliphatic carbocycles. The minimum Gasteiger partial charge on any atom is -0.299 e. The lowest BCUT2D eigenvalue weighted by Gasteiger charge is -2.55. The molecule has 2 aromatic rings. The van der Waals surface area contributed by atoms with Crippen molar-refractivity contribution in [2.45, 2.75) is 63.2 Å². The highest BCUT2D eigenvalue weighted by atomic mass is 16.1. The lowest BCUT2D eigenvalue weighted by atomic mass is 9.48. The van der Waals surface area contributed by atoms with E-state index in [1.54, 1.807) is 5.56 Å². The van der Waals surface area contributed by atoms with E-state index in [4.69, 9.17) is 0 Å². The zero-order valence-electron chi connectivity index (χ0n) is 16.4. The van der Waals surface area contributed by atoms with Crippen LogP contribution in [0.2, 0.25) is 0 Å². The van der Waals surface area contributed by atoms with E-state index in [1.807, 2.05) is 11.1 Å². The van der Waals surface area contributed by atoms with Gasteiger partial charge in [0, 0.05) is 23.2 Å². The van der Waals surface area contributed by atoms with Crippen molar-refractivity contribution in [3.8, 4) is 0 Å². The maximum Gasteiger partial charge on any atom is 0.141 e. The summed E-state index contributed by atoms with van der Waals surface area (Å²) in [5.41, 5.74) is 8.65. The van der Waals surface area contributed by atoms with Crippen LogP contribution in [0.5, 0.6) is 0 Å². The Bertz CT molecular complexity index is 1140. The van der Waals surface area contributed by atoms with E-state index in [2.05, 4.69) is 30.3 Å². The topological polar surface area (TPSA) is 17.1 Å². The molecule has 140 valence electrons. The van der Waals surface area contributed by atoms with Crippen LogP contribution in [0, 0.1) is 23.2 Å². The molecule has 9 rings (SSSR count). The van der Waals surface area contributed by atoms with Gasteiger partial charge in [0.1, 0.15) is 5.78 Å². The highest BCUT2D eigenvalue weighted by Gasteiger charge is 2.65. The second-order valence-corrected chi connectivity index (χ2v) is 10.8. The molecule has 2 fully saturated rings. The van der Waals surface area contributed by atoms with Gasteiger partial charge in [-0.15, -0.1) is 0 Å². The van der Waals surface area contributed by atoms with Gasteiger partial charge in [0.15, 0.2) is 0 Å². The minimum atomic E-state index is 0.229. The van der Waals surface area contributed by atoms with Gasteiger partial charge in [-0.05, 0) is 90.7 Å². The summed E-state index contributed by atoms with van der Waals surface area (Å²) in [6.07, 6.45) is 11.0. The number of benzene rings is 2. The van der Waals surface area contributed by atoms with Crippen molar-refractivity contribution in [1.82, 2.24) is 0 Å². The SMILES string of the molecule is O=C1Cc2cc3cccc4c3cc2CC1C12CCC(C1)C1=C2C2CCC14CC2. The van der Waals surface area contributed by atoms with Crippen LogP contribution in [0.25, 0.3) is 10.8 Å². The first-order chi connectivity index (χ1) is 13.7. The third kappa shape index (κ3) is 1.42. The van der Waals surface area contributed by atoms with Gasteiger partial charge >= 0.3 is 0 Å². The highest BCUT2D eigenvalue weighted by molar-refractivity contribution is 5.94. The van der Waals surface area contributed by atoms with Crippen molar-refractivity contribution in [3.05, 3.63) is 58.2 Å². The summed E-state index contributed by atoms with van der Waals surface area (Å²) in [7, 11) is 0. The first-order valence-electron chi connectivity index (χ1n) is 11.5. The van der Waals surface area contributed by atoms with E-state index in [1.165, 1.54) is 66.8 Å². The Morgan fingerprint density at radius 3 is 2.64 bits per heavy atom. The molecule has 0 N–H and O–H groups in total. The van der Waals surface area contributed by atoms with Crippen molar-refractivity contribution in [2.24, 2.45) is 23.2 Å². The van der Waals surface area contributed by atoms with Crippen molar-refractivity contribution in [3.63, 3.8) is 0 Å². The number of hydrogen-bond donors (Lipinski definition) is 0. The average Bonchev–Trinajstić information content (AvgIpc) is 3.31. The standard InChI is InChI=1S/C27H26O/c28-23-13-18-10-16-2-1-3-21-20(16)11-19(18)12-22(23)27-9-6-17(14-27)25-24(27)15-4-7-26(21,25)8-5-15/h1-3,10-11,15,17,22H,4-9,12-14H2. The van der Waals surface area contributed by atoms with Crippen LogP contribution < -0.4 is 0 Å². The molecule has 0 saturated heterocycles. The number of hydrogen-bond acceptors (Lipinski definition) is 1. The first-order valence-corrected chi connectivity index (χ1v) is 11.5. The molecule has 28 heavy (non-hydrogen) atoms. The third-order valence-corrected chi connectivity index (χ3v) is 10.1. The molecule has 7 aliphatic rings. The number of ketones is 1. The van der Waals surface area contributed by atoms with Gasteiger partial charge in [-0.25, -0.2) is 0 Å². The van der Waals surface area contributed by atoms with Gasteiger partial charge in [0.25, 0.3) is 0 Å². The van der Waals surface area contributed by atoms with Crippen LogP contribution in [-0.2, 0) is 23.1 Å². The van der Waals surface area contributed by atoms with Crippen LogP contribution in [0.3, 0.4) is 0 Å². The summed E-state index contributed by atoms with van der Waals surface area (Å²) in [6.45, 7) is 0. The van der Waals surface area contributed by atoms with E-state index in [-0.39, 0.29) is 16.7 Å². The molecule has 0 aliphatic heterocycles. The summed E-state index contributed by atoms with van der Waals surface area (Å²) in [6, 6.07) is 11.9. The van der Waals surface area contributed by atoms with Crippen molar-refractivity contribution < 1.29 is 4.79 Å². The van der Waals surface area contributed by atoms with Crippen molar-refractivity contribution in [2.75, 3.05) is 0 Å². The lowest BCUT2D eigenvalue weighted by Crippen LogP contribution is -2.48. The monoisotopic (exact) mass is 366 g/mol. The normalized spacial score (nSPS) is 41.6. The smallest absolute Gasteiger partial charge is 0.141 e. The van der Waals surface area contributed by atoms with Crippen LogP contribution in [-0.4, -0.2) is 5.78 Å². The predicted molar refractivity (Wildman–Crippen MR) is 110 cm³/mol. The van der Waals surface area contributed by atoms with Gasteiger partial charge in [-0.1, -0.05) is 41.5 Å². The molecule has 9 bridgehead atoms. The summed E-state index contributed by atoms with van der Waals surface area (Å²) in [5.74, 6) is 2.36. The number of carbonyl (C=O) groups excluding carboxylic acids is 1. The maximum atomic E-state index is 13.5. The van der Waals surface area contributed by atoms with E-state index < -0.39 is 0 Å². The molecule has 3 unspecified atom stereocenters. The molecule has 3 atom stereocenters. The van der Waals surface area contributed by atoms with E-state index in [0.717, 1.165) is 18.3 Å². The second-order valence-electron chi connectivity index (χ2n) is 10.8. The number of carbonyl (C=O) groups is 1. The Morgan fingerprint density at radius 2 is 1.75 bits per heavy atom. The van der Waals surface area contributed by atoms with E-state index >= 15 is 0 Å². The Morgan fingerprint density at radius 1 is 0.893 bits per heavy atom. The Balaban J connectivity index is 1.59. The Kier molecular flexibility index (Phi) is 2.40. The van der Waals surface area contributed by atoms with E-state index in [0.29, 0.717) is 12.2 Å². The molecule has 0 amide bonds. The van der Waals surface area contributed by atoms with Gasteiger partial charge in [-0.3, -0.25) is 4.79 Å². The molecule has 1 heteroatoms. The van der Waals surface area contributed by atoms with Crippen LogP contribution in [0.1, 0.15) is 61.6 Å². The molecule has 2 aromatic carbocycles. The first kappa shape index (κ1) is 15.0. The largest absolute Gasteiger partial charge is 0.299 e. The molecule has 0 heterocycles. The van der Waals surface area contributed by atoms with Crippen LogP contribution in [0.15, 0.2) is 41.5 Å². The summed E-state index contributed by atoms with van der Waals surface area (Å²) in [5, 5.41) is 2.87. The van der Waals surface area contributed by atoms with Gasteiger partial charge < -0.3 is 0 Å². The summed E-state index contributed by atoms with van der Waals surface area (Å²) in [4.78, 5) is 13.5. The molecule has 1 nitrogen and oxygen atoms in total. The van der Waals surface area contributed by atoms with Crippen molar-refractivity contribution in [1.29, 1.82) is 0 Å². The Hall–Kier alpha value is -1.89. The minimum absolute atomic E-state index is 0.229. The molecule has 0 radical (unpaired) electrons. The quantitative estimate of drug-likeness (QED) is 0.549. The average molecular weight is 367 g/mol. The zero-order chi connectivity index (χ0) is 18.3. The fourth-order valence-electron chi connectivity index (χ4n) is 9.25. The Labute approximate surface area is 166 Å². The summed E-state index contributed by atoms with van der Waals surface area (Å²) < 4.78 is 0. The molecule has 2 saturated carbocycles. The van der Waals surface area contributed by atoms with Gasteiger partial charge in [0.2, 0.25) is 0 Å². The fraction of sp³-hybridized carbons (Fsp3) is 0.519. The number of allylic oxidation sites excluding steroid dienone is 2. The van der Waals surface area contributed by atoms with Crippen LogP contribution in [0.4, 0.5) is 0 Å². The van der Waals surface area contributed by atoms with Gasteiger partial charge in [-0.2, -0.15) is 0 Å². The highest BCUT2D eigenvalue weighted by Crippen LogP contribution is 2.73. The van der Waals surface area contributed by atoms with Crippen LogP contribution >= 0.6 is 0 Å². The maximum absolute atomic E-state index is 13.5. The number of rotatable bonds is 0. The second kappa shape index (κ2) is 4.48. The zero-order valence-corrected chi connectivity index (χ0v) is 16.4. The van der Waals surface area contributed by atoms with E-state index in [9.17, 15) is 4.79 Å². The van der Waals surface area contributed by atoms with Gasteiger partial charge in [0.05, 0.1) is 0 Å². The molecular formula is C27H26O. The molecule has 2 spiro atoms. The molecular weight excluding hydrogens is 340 g/mol. The molecule has 0 aromatic heterocycles. The predicted octanol–water partition coefficient (Wildman–Crippen LogP) is 5.68. The third-order valence-electron chi connectivity index (χ3n) is 10.1. The van der Waals surface area contributed by atoms with Crippen molar-refractivity contribution >= 4 is 16.6 Å². The lowest BCUT2D eigenvalue weighted by molar-refractivity contribution is -0.126. The fourth-order valence-corrected chi connectivity index (χ4v) is 9.25.